The zero-order chi connectivity index (χ0) is 19.6. The summed E-state index contributed by atoms with van der Waals surface area (Å²) in [5, 5.41) is 3.59. The lowest BCUT2D eigenvalue weighted by Gasteiger charge is -2.17. The van der Waals surface area contributed by atoms with E-state index < -0.39 is 18.5 Å². The van der Waals surface area contributed by atoms with Crippen LogP contribution in [0, 0.1) is 13.8 Å². The molecule has 0 aliphatic heterocycles. The maximum Gasteiger partial charge on any atom is 0.341 e. The Balaban J connectivity index is 1.60. The molecule has 2 aromatic heterocycles. The maximum atomic E-state index is 12.6. The van der Waals surface area contributed by atoms with Crippen molar-refractivity contribution in [2.24, 2.45) is 0 Å². The van der Waals surface area contributed by atoms with Crippen molar-refractivity contribution in [3.8, 4) is 5.00 Å². The van der Waals surface area contributed by atoms with Gasteiger partial charge in [0.05, 0.1) is 12.1 Å². The number of hydrogen-bond acceptors (Lipinski definition) is 5. The first-order valence-electron chi connectivity index (χ1n) is 8.80. The molecule has 1 saturated carbocycles. The molecule has 0 atom stereocenters. The Morgan fingerprint density at radius 3 is 2.56 bits per heavy atom. The number of aromatic nitrogens is 1. The topological polar surface area (TPSA) is 80.6 Å². The van der Waals surface area contributed by atoms with Gasteiger partial charge in [0, 0.05) is 30.4 Å². The van der Waals surface area contributed by atoms with Crippen LogP contribution in [0.15, 0.2) is 24.5 Å². The molecule has 0 radical (unpaired) electrons. The Labute approximate surface area is 161 Å². The highest BCUT2D eigenvalue weighted by molar-refractivity contribution is 7.15. The molecule has 1 N–H and O–H groups in total. The summed E-state index contributed by atoms with van der Waals surface area (Å²) in [6.45, 7) is 3.37. The molecule has 0 unspecified atom stereocenters. The van der Waals surface area contributed by atoms with E-state index in [1.165, 1.54) is 23.3 Å². The number of hydrogen-bond donors (Lipinski definition) is 1. The third kappa shape index (κ3) is 4.57. The summed E-state index contributed by atoms with van der Waals surface area (Å²) in [4.78, 5) is 38.9. The number of nitrogens with one attached hydrogen (secondary N) is 1. The lowest BCUT2D eigenvalue weighted by molar-refractivity contribution is -0.137. The van der Waals surface area contributed by atoms with Gasteiger partial charge in [-0.2, -0.15) is 0 Å². The van der Waals surface area contributed by atoms with Crippen LogP contribution >= 0.6 is 11.3 Å². The fourth-order valence-electron chi connectivity index (χ4n) is 2.62. The number of carbonyl (C=O) groups is 3. The maximum absolute atomic E-state index is 12.6. The van der Waals surface area contributed by atoms with Crippen molar-refractivity contribution in [1.29, 1.82) is 0 Å². The second kappa shape index (κ2) is 7.96. The summed E-state index contributed by atoms with van der Waals surface area (Å²) in [6, 6.07) is 4.01. The van der Waals surface area contributed by atoms with Gasteiger partial charge < -0.3 is 19.5 Å². The third-order valence-corrected chi connectivity index (χ3v) is 5.71. The van der Waals surface area contributed by atoms with Gasteiger partial charge in [0.1, 0.15) is 5.00 Å². The average Bonchev–Trinajstić information content (AvgIpc) is 3.16. The lowest BCUT2D eigenvalue weighted by atomic mass is 10.1. The van der Waals surface area contributed by atoms with Crippen molar-refractivity contribution in [2.75, 3.05) is 20.2 Å². The van der Waals surface area contributed by atoms with Crippen molar-refractivity contribution in [3.05, 3.63) is 40.5 Å². The van der Waals surface area contributed by atoms with Crippen LogP contribution < -0.4 is 5.32 Å². The Kier molecular flexibility index (Phi) is 5.65. The van der Waals surface area contributed by atoms with Gasteiger partial charge in [0.2, 0.25) is 5.91 Å². The van der Waals surface area contributed by atoms with Crippen LogP contribution in [0.4, 0.5) is 0 Å². The minimum absolute atomic E-state index is 0.0436. The molecule has 0 saturated heterocycles. The van der Waals surface area contributed by atoms with Crippen LogP contribution in [0.25, 0.3) is 5.00 Å². The van der Waals surface area contributed by atoms with Crippen molar-refractivity contribution < 1.29 is 19.1 Å². The number of ether oxygens (including phenoxy) is 1. The molecule has 27 heavy (non-hydrogen) atoms. The standard InChI is InChI=1S/C19H23N3O4S/c1-12-13(2)27-18(22-8-4-5-9-22)17(12)19(25)26-11-16(24)21(3)10-15(23)20-14-6-7-14/h4-5,8-9,14H,6-7,10-11H2,1-3H3,(H,20,23). The quantitative estimate of drug-likeness (QED) is 0.735. The van der Waals surface area contributed by atoms with Gasteiger partial charge in [-0.3, -0.25) is 9.59 Å². The van der Waals surface area contributed by atoms with Crippen LogP contribution in [-0.2, 0) is 14.3 Å². The van der Waals surface area contributed by atoms with Gasteiger partial charge in [-0.25, -0.2) is 4.79 Å². The lowest BCUT2D eigenvalue weighted by Crippen LogP contribution is -2.40. The van der Waals surface area contributed by atoms with Gasteiger partial charge in [-0.05, 0) is 44.4 Å². The van der Waals surface area contributed by atoms with Crippen LogP contribution in [0.5, 0.6) is 0 Å². The van der Waals surface area contributed by atoms with Crippen LogP contribution in [-0.4, -0.2) is 53.5 Å². The molecular formula is C19H23N3O4S. The number of rotatable bonds is 7. The number of esters is 1. The molecular weight excluding hydrogens is 366 g/mol. The minimum atomic E-state index is -0.537. The summed E-state index contributed by atoms with van der Waals surface area (Å²) in [7, 11) is 1.52. The molecule has 8 heteroatoms. The molecule has 1 aliphatic carbocycles. The number of nitrogens with zero attached hydrogens (tertiary/aromatic N) is 2. The summed E-state index contributed by atoms with van der Waals surface area (Å²) in [6.07, 6.45) is 5.70. The number of likely N-dealkylation sites (N-methyl/N-ethyl adjacent to an activating group) is 1. The molecule has 2 heterocycles. The summed E-state index contributed by atoms with van der Waals surface area (Å²) in [5.41, 5.74) is 1.31. The van der Waals surface area contributed by atoms with Gasteiger partial charge in [-0.1, -0.05) is 0 Å². The highest BCUT2D eigenvalue weighted by Gasteiger charge is 2.25. The second-order valence-electron chi connectivity index (χ2n) is 6.72. The molecule has 0 bridgehead atoms. The van der Waals surface area contributed by atoms with E-state index >= 15 is 0 Å². The molecule has 7 nitrogen and oxygen atoms in total. The fraction of sp³-hybridized carbons (Fsp3) is 0.421. The second-order valence-corrected chi connectivity index (χ2v) is 7.92. The zero-order valence-electron chi connectivity index (χ0n) is 15.7. The monoisotopic (exact) mass is 389 g/mol. The number of amides is 2. The van der Waals surface area contributed by atoms with E-state index in [2.05, 4.69) is 5.32 Å². The first-order valence-corrected chi connectivity index (χ1v) is 9.62. The number of aryl methyl sites for hydroxylation is 1. The van der Waals surface area contributed by atoms with E-state index in [1.54, 1.807) is 0 Å². The van der Waals surface area contributed by atoms with Gasteiger partial charge in [0.15, 0.2) is 6.61 Å². The summed E-state index contributed by atoms with van der Waals surface area (Å²) < 4.78 is 7.11. The van der Waals surface area contributed by atoms with E-state index in [4.69, 9.17) is 4.74 Å². The smallest absolute Gasteiger partial charge is 0.341 e. The summed E-state index contributed by atoms with van der Waals surface area (Å²) in [5.74, 6) is -1.15. The molecule has 2 aromatic rings. The molecule has 1 fully saturated rings. The van der Waals surface area contributed by atoms with Crippen molar-refractivity contribution in [1.82, 2.24) is 14.8 Å². The first-order chi connectivity index (χ1) is 12.9. The largest absolute Gasteiger partial charge is 0.452 e. The van der Waals surface area contributed by atoms with E-state index in [0.29, 0.717) is 5.56 Å². The van der Waals surface area contributed by atoms with Crippen LogP contribution in [0.3, 0.4) is 0 Å². The minimum Gasteiger partial charge on any atom is -0.452 e. The van der Waals surface area contributed by atoms with Crippen molar-refractivity contribution in [3.63, 3.8) is 0 Å². The normalized spacial score (nSPS) is 13.3. The van der Waals surface area contributed by atoms with Crippen molar-refractivity contribution >= 4 is 29.1 Å². The van der Waals surface area contributed by atoms with Gasteiger partial charge >= 0.3 is 5.97 Å². The Hall–Kier alpha value is -2.61. The SMILES string of the molecule is Cc1sc(-n2cccc2)c(C(=O)OCC(=O)N(C)CC(=O)NC2CC2)c1C. The molecule has 144 valence electrons. The predicted molar refractivity (Wildman–Crippen MR) is 102 cm³/mol. The van der Waals surface area contributed by atoms with Crippen LogP contribution in [0.2, 0.25) is 0 Å². The van der Waals surface area contributed by atoms with Gasteiger partial charge in [-0.15, -0.1) is 11.3 Å². The Morgan fingerprint density at radius 2 is 1.93 bits per heavy atom. The van der Waals surface area contributed by atoms with E-state index in [1.807, 2.05) is 42.9 Å². The van der Waals surface area contributed by atoms with Crippen LogP contribution in [0.1, 0.15) is 33.6 Å². The number of thiophene rings is 1. The highest BCUT2D eigenvalue weighted by Crippen LogP contribution is 2.31. The van der Waals surface area contributed by atoms with Crippen molar-refractivity contribution in [2.45, 2.75) is 32.7 Å². The first kappa shape index (κ1) is 19.2. The predicted octanol–water partition coefficient (Wildman–Crippen LogP) is 2.05. The van der Waals surface area contributed by atoms with E-state index in [0.717, 1.165) is 28.3 Å². The van der Waals surface area contributed by atoms with E-state index in [9.17, 15) is 14.4 Å². The molecule has 2 amide bonds. The fourth-order valence-corrected chi connectivity index (χ4v) is 3.73. The summed E-state index contributed by atoms with van der Waals surface area (Å²) >= 11 is 1.50. The molecule has 0 spiro atoms. The van der Waals surface area contributed by atoms with Gasteiger partial charge in [0.25, 0.3) is 5.91 Å². The Bertz CT molecular complexity index is 853. The average molecular weight is 389 g/mol. The Morgan fingerprint density at radius 1 is 1.26 bits per heavy atom. The highest BCUT2D eigenvalue weighted by atomic mass is 32.1. The molecule has 3 rings (SSSR count). The molecule has 1 aliphatic rings. The zero-order valence-corrected chi connectivity index (χ0v) is 16.5. The molecule has 0 aromatic carbocycles. The third-order valence-electron chi connectivity index (χ3n) is 4.49. The van der Waals surface area contributed by atoms with E-state index in [-0.39, 0.29) is 18.5 Å². The number of carbonyl (C=O) groups excluding carboxylic acids is 3.